The normalized spacial score (nSPS) is 9.12. The average molecular weight is 146 g/mol. The number of hydrogen-bond donors (Lipinski definition) is 0. The molecule has 44 valence electrons. The summed E-state index contributed by atoms with van der Waals surface area (Å²) in [5, 5.41) is 0. The van der Waals surface area contributed by atoms with E-state index in [2.05, 4.69) is 10.8 Å². The molecule has 0 atom stereocenters. The fourth-order valence-electron chi connectivity index (χ4n) is 0.124. The third-order valence-corrected chi connectivity index (χ3v) is 0.729. The zero-order chi connectivity index (χ0) is 5.91. The van der Waals surface area contributed by atoms with E-state index in [1.807, 2.05) is 0 Å². The molecule has 0 aromatic heterocycles. The standard InChI is InChI=1S/C3H6O3S.Na.H/c1-3-6-7(2,4)5;;/h3H,1H2,2H3;;. The fraction of sp³-hybridized carbons (Fsp3) is 0.333. The molecule has 0 aliphatic heterocycles. The van der Waals surface area contributed by atoms with Crippen molar-refractivity contribution < 1.29 is 12.6 Å². The first-order valence-electron chi connectivity index (χ1n) is 1.55. The van der Waals surface area contributed by atoms with E-state index in [-0.39, 0.29) is 29.6 Å². The van der Waals surface area contributed by atoms with Crippen LogP contribution in [-0.2, 0) is 14.3 Å². The van der Waals surface area contributed by atoms with Crippen molar-refractivity contribution in [2.75, 3.05) is 6.26 Å². The van der Waals surface area contributed by atoms with E-state index in [0.717, 1.165) is 12.5 Å². The van der Waals surface area contributed by atoms with Gasteiger partial charge in [0.05, 0.1) is 12.5 Å². The summed E-state index contributed by atoms with van der Waals surface area (Å²) in [6, 6.07) is 0. The van der Waals surface area contributed by atoms with Crippen LogP contribution in [0.5, 0.6) is 0 Å². The maximum absolute atomic E-state index is 9.94. The summed E-state index contributed by atoms with van der Waals surface area (Å²) in [4.78, 5) is 0. The molecule has 8 heavy (non-hydrogen) atoms. The molecule has 0 fully saturated rings. The van der Waals surface area contributed by atoms with Crippen LogP contribution in [-0.4, -0.2) is 44.2 Å². The Hall–Kier alpha value is 0.490. The van der Waals surface area contributed by atoms with Gasteiger partial charge >= 0.3 is 39.7 Å². The zero-order valence-electron chi connectivity index (χ0n) is 3.92. The molecule has 0 aliphatic carbocycles. The molecular formula is C3H7NaO3S. The van der Waals surface area contributed by atoms with Gasteiger partial charge in [-0.25, -0.2) is 0 Å². The second-order valence-electron chi connectivity index (χ2n) is 0.967. The Bertz CT molecular complexity index is 148. The van der Waals surface area contributed by atoms with Crippen LogP contribution in [0.1, 0.15) is 0 Å². The van der Waals surface area contributed by atoms with Crippen LogP contribution in [0.15, 0.2) is 12.8 Å². The molecule has 0 unspecified atom stereocenters. The van der Waals surface area contributed by atoms with E-state index < -0.39 is 10.1 Å². The Morgan fingerprint density at radius 2 is 2.00 bits per heavy atom. The summed E-state index contributed by atoms with van der Waals surface area (Å²) in [5.41, 5.74) is 0. The van der Waals surface area contributed by atoms with Crippen molar-refractivity contribution >= 4 is 39.7 Å². The Balaban J connectivity index is 0. The van der Waals surface area contributed by atoms with E-state index in [9.17, 15) is 8.42 Å². The molecule has 0 aromatic carbocycles. The van der Waals surface area contributed by atoms with Gasteiger partial charge in [-0.2, -0.15) is 8.42 Å². The van der Waals surface area contributed by atoms with Crippen molar-refractivity contribution in [1.29, 1.82) is 0 Å². The molecular weight excluding hydrogens is 139 g/mol. The van der Waals surface area contributed by atoms with Gasteiger partial charge in [0.1, 0.15) is 0 Å². The number of rotatable bonds is 2. The molecule has 0 radical (unpaired) electrons. The SMILES string of the molecule is C=COS(C)(=O)=O.[NaH]. The second-order valence-corrected chi connectivity index (χ2v) is 2.57. The molecule has 0 spiro atoms. The number of hydrogen-bond acceptors (Lipinski definition) is 3. The quantitative estimate of drug-likeness (QED) is 0.298. The fourth-order valence-corrected chi connectivity index (χ4v) is 0.371. The molecule has 3 nitrogen and oxygen atoms in total. The minimum atomic E-state index is -3.29. The van der Waals surface area contributed by atoms with Crippen molar-refractivity contribution in [3.8, 4) is 0 Å². The van der Waals surface area contributed by atoms with Gasteiger partial charge < -0.3 is 4.18 Å². The third kappa shape index (κ3) is 9.70. The van der Waals surface area contributed by atoms with Gasteiger partial charge in [-0.05, 0) is 0 Å². The van der Waals surface area contributed by atoms with E-state index in [0.29, 0.717) is 0 Å². The van der Waals surface area contributed by atoms with Crippen LogP contribution in [0, 0.1) is 0 Å². The van der Waals surface area contributed by atoms with Gasteiger partial charge in [0, 0.05) is 0 Å². The molecule has 0 aliphatic rings. The van der Waals surface area contributed by atoms with Crippen LogP contribution in [0.4, 0.5) is 0 Å². The predicted molar refractivity (Wildman–Crippen MR) is 33.3 cm³/mol. The Kier molecular flexibility index (Phi) is 6.19. The Morgan fingerprint density at radius 3 is 2.00 bits per heavy atom. The first-order valence-corrected chi connectivity index (χ1v) is 3.37. The average Bonchev–Trinajstić information content (AvgIpc) is 1.30. The molecule has 0 aromatic rings. The molecule has 0 saturated carbocycles. The minimum absolute atomic E-state index is 0. The predicted octanol–water partition coefficient (Wildman–Crippen LogP) is -0.542. The molecule has 0 heterocycles. The van der Waals surface area contributed by atoms with Gasteiger partial charge in [-0.1, -0.05) is 6.58 Å². The summed E-state index contributed by atoms with van der Waals surface area (Å²) in [7, 11) is -3.29. The Morgan fingerprint density at radius 1 is 1.62 bits per heavy atom. The summed E-state index contributed by atoms with van der Waals surface area (Å²) in [5.74, 6) is 0. The van der Waals surface area contributed by atoms with Crippen molar-refractivity contribution in [1.82, 2.24) is 0 Å². The van der Waals surface area contributed by atoms with Crippen LogP contribution in [0.3, 0.4) is 0 Å². The summed E-state index contributed by atoms with van der Waals surface area (Å²) >= 11 is 0. The Labute approximate surface area is 71.1 Å². The third-order valence-electron chi connectivity index (χ3n) is 0.243. The van der Waals surface area contributed by atoms with Gasteiger partial charge in [-0.15, -0.1) is 0 Å². The van der Waals surface area contributed by atoms with E-state index >= 15 is 0 Å². The molecule has 0 N–H and O–H groups in total. The van der Waals surface area contributed by atoms with Crippen molar-refractivity contribution in [2.45, 2.75) is 0 Å². The van der Waals surface area contributed by atoms with Crippen LogP contribution < -0.4 is 0 Å². The molecule has 0 saturated heterocycles. The van der Waals surface area contributed by atoms with Crippen LogP contribution in [0.2, 0.25) is 0 Å². The topological polar surface area (TPSA) is 43.4 Å². The van der Waals surface area contributed by atoms with Crippen molar-refractivity contribution in [3.05, 3.63) is 12.8 Å². The van der Waals surface area contributed by atoms with Gasteiger partial charge in [0.15, 0.2) is 0 Å². The monoisotopic (exact) mass is 146 g/mol. The van der Waals surface area contributed by atoms with Crippen LogP contribution in [0.25, 0.3) is 0 Å². The summed E-state index contributed by atoms with van der Waals surface area (Å²) in [6.45, 7) is 3.04. The second kappa shape index (κ2) is 4.38. The van der Waals surface area contributed by atoms with Gasteiger partial charge in [-0.3, -0.25) is 0 Å². The molecule has 5 heteroatoms. The first kappa shape index (κ1) is 11.3. The zero-order valence-corrected chi connectivity index (χ0v) is 4.73. The van der Waals surface area contributed by atoms with Crippen molar-refractivity contribution in [2.24, 2.45) is 0 Å². The van der Waals surface area contributed by atoms with Gasteiger partial charge in [0.25, 0.3) is 0 Å². The molecule has 0 bridgehead atoms. The van der Waals surface area contributed by atoms with E-state index in [1.165, 1.54) is 0 Å². The van der Waals surface area contributed by atoms with Crippen molar-refractivity contribution in [3.63, 3.8) is 0 Å². The molecule has 0 amide bonds. The maximum atomic E-state index is 9.94. The summed E-state index contributed by atoms with van der Waals surface area (Å²) < 4.78 is 23.8. The molecule has 0 rings (SSSR count). The van der Waals surface area contributed by atoms with E-state index in [1.54, 1.807) is 0 Å². The van der Waals surface area contributed by atoms with Gasteiger partial charge in [0.2, 0.25) is 0 Å². The van der Waals surface area contributed by atoms with E-state index in [4.69, 9.17) is 0 Å². The summed E-state index contributed by atoms with van der Waals surface area (Å²) in [6.07, 6.45) is 1.82. The first-order chi connectivity index (χ1) is 3.06. The van der Waals surface area contributed by atoms with Crippen LogP contribution >= 0.6 is 0 Å².